The average Bonchev–Trinajstić information content (AvgIpc) is 2.59. The van der Waals surface area contributed by atoms with Crippen LogP contribution in [0.3, 0.4) is 0 Å². The minimum Gasteiger partial charge on any atom is -0.478 e. The minimum absolute atomic E-state index is 0.121. The fraction of sp³-hybridized carbons (Fsp3) is 0.526. The summed E-state index contributed by atoms with van der Waals surface area (Å²) in [5.74, 6) is -1.07. The number of hydrogen-bond acceptors (Lipinski definition) is 4. The molecule has 1 atom stereocenters. The molecule has 0 aromatic heterocycles. The van der Waals surface area contributed by atoms with Crippen molar-refractivity contribution in [1.82, 2.24) is 10.2 Å². The number of rotatable bonds is 6. The Bertz CT molecular complexity index is 642. The van der Waals surface area contributed by atoms with Crippen LogP contribution < -0.4 is 5.32 Å². The molecule has 0 bridgehead atoms. The maximum Gasteiger partial charge on any atom is 0.335 e. The Kier molecular flexibility index (Phi) is 7.00. The van der Waals surface area contributed by atoms with Crippen LogP contribution in [-0.2, 0) is 16.1 Å². The molecular weight excluding hydrogens is 336 g/mol. The summed E-state index contributed by atoms with van der Waals surface area (Å²) in [5.41, 5.74) is 1.05. The minimum atomic E-state index is -0.976. The van der Waals surface area contributed by atoms with E-state index in [1.54, 1.807) is 17.0 Å². The van der Waals surface area contributed by atoms with Gasteiger partial charge in [0.05, 0.1) is 18.1 Å². The van der Waals surface area contributed by atoms with E-state index in [0.29, 0.717) is 26.1 Å². The van der Waals surface area contributed by atoms with Gasteiger partial charge in [-0.25, -0.2) is 9.59 Å². The van der Waals surface area contributed by atoms with Crippen molar-refractivity contribution in [3.05, 3.63) is 35.4 Å². The summed E-state index contributed by atoms with van der Waals surface area (Å²) in [6.07, 6.45) is 1.98. The quantitative estimate of drug-likeness (QED) is 0.759. The van der Waals surface area contributed by atoms with Gasteiger partial charge in [0, 0.05) is 19.6 Å². The number of carbonyl (C=O) groups excluding carboxylic acids is 2. The van der Waals surface area contributed by atoms with E-state index < -0.39 is 5.97 Å². The Balaban J connectivity index is 1.81. The molecule has 0 radical (unpaired) electrons. The Morgan fingerprint density at radius 2 is 1.96 bits per heavy atom. The Labute approximate surface area is 153 Å². The molecule has 142 valence electrons. The number of amides is 2. The van der Waals surface area contributed by atoms with E-state index in [9.17, 15) is 14.4 Å². The third-order valence-corrected chi connectivity index (χ3v) is 4.27. The molecule has 0 spiro atoms. The lowest BCUT2D eigenvalue weighted by atomic mass is 9.95. The largest absolute Gasteiger partial charge is 0.478 e. The zero-order chi connectivity index (χ0) is 19.1. The summed E-state index contributed by atoms with van der Waals surface area (Å²) in [6.45, 7) is 5.18. The van der Waals surface area contributed by atoms with Crippen LogP contribution >= 0.6 is 0 Å². The lowest BCUT2D eigenvalue weighted by Crippen LogP contribution is -2.45. The highest BCUT2D eigenvalue weighted by atomic mass is 16.5. The van der Waals surface area contributed by atoms with Crippen LogP contribution in [-0.4, -0.2) is 47.2 Å². The molecule has 1 unspecified atom stereocenters. The van der Waals surface area contributed by atoms with Gasteiger partial charge in [-0.2, -0.15) is 0 Å². The molecule has 2 amide bonds. The summed E-state index contributed by atoms with van der Waals surface area (Å²) >= 11 is 0. The van der Waals surface area contributed by atoms with E-state index in [1.807, 2.05) is 13.8 Å². The first kappa shape index (κ1) is 19.8. The predicted molar refractivity (Wildman–Crippen MR) is 95.8 cm³/mol. The highest BCUT2D eigenvalue weighted by Gasteiger charge is 2.26. The van der Waals surface area contributed by atoms with Crippen LogP contribution in [0.1, 0.15) is 49.0 Å². The average molecular weight is 362 g/mol. The van der Waals surface area contributed by atoms with Crippen LogP contribution in [0.25, 0.3) is 0 Å². The molecule has 7 heteroatoms. The van der Waals surface area contributed by atoms with Crippen molar-refractivity contribution in [2.24, 2.45) is 5.92 Å². The molecule has 2 rings (SSSR count). The van der Waals surface area contributed by atoms with Crippen molar-refractivity contribution in [3.63, 3.8) is 0 Å². The molecule has 1 fully saturated rings. The van der Waals surface area contributed by atoms with Gasteiger partial charge >= 0.3 is 18.0 Å². The van der Waals surface area contributed by atoms with Gasteiger partial charge in [0.15, 0.2) is 0 Å². The van der Waals surface area contributed by atoms with Crippen molar-refractivity contribution in [2.45, 2.75) is 45.8 Å². The van der Waals surface area contributed by atoms with Gasteiger partial charge < -0.3 is 20.1 Å². The molecule has 0 aliphatic carbocycles. The topological polar surface area (TPSA) is 95.9 Å². The van der Waals surface area contributed by atoms with Gasteiger partial charge in [0.25, 0.3) is 0 Å². The third kappa shape index (κ3) is 6.06. The molecule has 2 N–H and O–H groups in total. The van der Waals surface area contributed by atoms with Crippen molar-refractivity contribution < 1.29 is 24.2 Å². The van der Waals surface area contributed by atoms with Gasteiger partial charge in [-0.15, -0.1) is 0 Å². The predicted octanol–water partition coefficient (Wildman–Crippen LogP) is 2.65. The molecule has 1 aliphatic heterocycles. The number of urea groups is 1. The van der Waals surface area contributed by atoms with E-state index in [0.717, 1.165) is 18.4 Å². The molecule has 26 heavy (non-hydrogen) atoms. The normalized spacial score (nSPS) is 17.0. The number of carboxylic acids is 1. The van der Waals surface area contributed by atoms with Crippen molar-refractivity contribution in [2.75, 3.05) is 13.1 Å². The van der Waals surface area contributed by atoms with E-state index in [2.05, 4.69) is 5.32 Å². The molecule has 1 aromatic rings. The van der Waals surface area contributed by atoms with Gasteiger partial charge in [0.1, 0.15) is 0 Å². The number of piperidine rings is 1. The Morgan fingerprint density at radius 3 is 2.58 bits per heavy atom. The first-order chi connectivity index (χ1) is 12.3. The lowest BCUT2D eigenvalue weighted by molar-refractivity contribution is -0.148. The second kappa shape index (κ2) is 9.22. The lowest BCUT2D eigenvalue weighted by Gasteiger charge is -2.32. The highest BCUT2D eigenvalue weighted by Crippen LogP contribution is 2.20. The van der Waals surface area contributed by atoms with E-state index >= 15 is 0 Å². The Hall–Kier alpha value is -2.57. The molecular formula is C19H26N2O5. The number of nitrogens with one attached hydrogen (secondary N) is 1. The van der Waals surface area contributed by atoms with Crippen molar-refractivity contribution in [3.8, 4) is 0 Å². The van der Waals surface area contributed by atoms with Gasteiger partial charge in [-0.1, -0.05) is 12.1 Å². The standard InChI is InChI=1S/C19H26N2O5/c1-13(2)26-17(22)10-15-4-3-9-21(12-15)19(25)20-11-14-5-7-16(8-6-14)18(23)24/h5-8,13,15H,3-4,9-12H2,1-2H3,(H,20,25)(H,23,24). The van der Waals surface area contributed by atoms with Gasteiger partial charge in [-0.05, 0) is 50.3 Å². The van der Waals surface area contributed by atoms with E-state index in [-0.39, 0.29) is 29.6 Å². The number of likely N-dealkylation sites (tertiary alicyclic amines) is 1. The first-order valence-electron chi connectivity index (χ1n) is 8.89. The zero-order valence-corrected chi connectivity index (χ0v) is 15.2. The number of benzene rings is 1. The smallest absolute Gasteiger partial charge is 0.335 e. The fourth-order valence-electron chi connectivity index (χ4n) is 3.02. The summed E-state index contributed by atoms with van der Waals surface area (Å²) in [4.78, 5) is 36.7. The maximum atomic E-state index is 12.4. The number of carbonyl (C=O) groups is 3. The maximum absolute atomic E-state index is 12.4. The summed E-state index contributed by atoms with van der Waals surface area (Å²) in [7, 11) is 0. The van der Waals surface area contributed by atoms with E-state index in [4.69, 9.17) is 9.84 Å². The molecule has 1 saturated heterocycles. The van der Waals surface area contributed by atoms with Crippen LogP contribution in [0.4, 0.5) is 4.79 Å². The fourth-order valence-corrected chi connectivity index (χ4v) is 3.02. The third-order valence-electron chi connectivity index (χ3n) is 4.27. The van der Waals surface area contributed by atoms with Crippen LogP contribution in [0.2, 0.25) is 0 Å². The van der Waals surface area contributed by atoms with Crippen molar-refractivity contribution in [1.29, 1.82) is 0 Å². The Morgan fingerprint density at radius 1 is 1.27 bits per heavy atom. The molecule has 0 saturated carbocycles. The second-order valence-corrected chi connectivity index (χ2v) is 6.86. The van der Waals surface area contributed by atoms with Crippen LogP contribution in [0, 0.1) is 5.92 Å². The number of hydrogen-bond donors (Lipinski definition) is 2. The molecule has 1 heterocycles. The summed E-state index contributed by atoms with van der Waals surface area (Å²) in [6, 6.07) is 6.23. The van der Waals surface area contributed by atoms with Crippen molar-refractivity contribution >= 4 is 18.0 Å². The SMILES string of the molecule is CC(C)OC(=O)CC1CCCN(C(=O)NCc2ccc(C(=O)O)cc2)C1. The first-order valence-corrected chi connectivity index (χ1v) is 8.89. The summed E-state index contributed by atoms with van der Waals surface area (Å²) < 4.78 is 5.18. The highest BCUT2D eigenvalue weighted by molar-refractivity contribution is 5.87. The number of carboxylic acid groups (broad SMARTS) is 1. The number of nitrogens with zero attached hydrogens (tertiary/aromatic N) is 1. The number of ether oxygens (including phenoxy) is 1. The van der Waals surface area contributed by atoms with Crippen LogP contribution in [0.5, 0.6) is 0 Å². The molecule has 1 aromatic carbocycles. The monoisotopic (exact) mass is 362 g/mol. The van der Waals surface area contributed by atoms with Gasteiger partial charge in [0.2, 0.25) is 0 Å². The molecule has 1 aliphatic rings. The summed E-state index contributed by atoms with van der Waals surface area (Å²) in [5, 5.41) is 11.7. The number of aromatic carboxylic acids is 1. The van der Waals surface area contributed by atoms with Crippen LogP contribution in [0.15, 0.2) is 24.3 Å². The van der Waals surface area contributed by atoms with Gasteiger partial charge in [-0.3, -0.25) is 4.79 Å². The number of esters is 1. The second-order valence-electron chi connectivity index (χ2n) is 6.86. The van der Waals surface area contributed by atoms with E-state index in [1.165, 1.54) is 12.1 Å². The zero-order valence-electron chi connectivity index (χ0n) is 15.2. The molecule has 7 nitrogen and oxygen atoms in total.